The normalized spacial score (nSPS) is 18.2. The van der Waals surface area contributed by atoms with Gasteiger partial charge in [0, 0.05) is 43.5 Å². The topological polar surface area (TPSA) is 102 Å². The van der Waals surface area contributed by atoms with E-state index in [1.807, 2.05) is 5.38 Å². The maximum atomic E-state index is 11.5. The summed E-state index contributed by atoms with van der Waals surface area (Å²) in [6.45, 7) is 2.63. The predicted octanol–water partition coefficient (Wildman–Crippen LogP) is 1.90. The molecule has 0 aliphatic carbocycles. The van der Waals surface area contributed by atoms with E-state index in [4.69, 9.17) is 5.73 Å². The fourth-order valence-electron chi connectivity index (χ4n) is 2.73. The molecule has 9 heteroatoms. The summed E-state index contributed by atoms with van der Waals surface area (Å²) >= 11 is 1.16. The number of nitrogens with one attached hydrogen (secondary N) is 1. The molecule has 1 amide bonds. The van der Waals surface area contributed by atoms with Crippen LogP contribution in [0.15, 0.2) is 11.4 Å². The van der Waals surface area contributed by atoms with E-state index in [2.05, 4.69) is 10.2 Å². The van der Waals surface area contributed by atoms with Gasteiger partial charge in [-0.3, -0.25) is 19.8 Å². The highest BCUT2D eigenvalue weighted by atomic mass is 35.5. The van der Waals surface area contributed by atoms with Crippen LogP contribution in [0.25, 0.3) is 0 Å². The van der Waals surface area contributed by atoms with E-state index in [9.17, 15) is 14.9 Å². The number of piperidine rings is 1. The van der Waals surface area contributed by atoms with E-state index in [0.29, 0.717) is 26.1 Å². The van der Waals surface area contributed by atoms with Crippen LogP contribution in [0.4, 0.5) is 5.00 Å². The number of nitrogens with zero attached hydrogens (tertiary/aromatic N) is 2. The van der Waals surface area contributed by atoms with E-state index in [1.165, 1.54) is 0 Å². The Hall–Kier alpha value is -1.22. The number of halogens is 1. The molecule has 0 spiro atoms. The first-order valence-corrected chi connectivity index (χ1v) is 8.40. The first-order valence-electron chi connectivity index (χ1n) is 7.52. The Balaban J connectivity index is 0.00000264. The van der Waals surface area contributed by atoms with Gasteiger partial charge in [-0.15, -0.1) is 12.4 Å². The van der Waals surface area contributed by atoms with Crippen molar-refractivity contribution in [3.05, 3.63) is 27.1 Å². The fraction of sp³-hybridized carbons (Fsp3) is 0.643. The maximum Gasteiger partial charge on any atom is 0.324 e. The highest BCUT2D eigenvalue weighted by Gasteiger charge is 2.23. The molecule has 1 aliphatic heterocycles. The highest BCUT2D eigenvalue weighted by Crippen LogP contribution is 2.26. The van der Waals surface area contributed by atoms with Gasteiger partial charge in [0.05, 0.1) is 4.92 Å². The van der Waals surface area contributed by atoms with Gasteiger partial charge in [0.1, 0.15) is 0 Å². The summed E-state index contributed by atoms with van der Waals surface area (Å²) in [7, 11) is 0. The molecule has 1 unspecified atom stereocenters. The van der Waals surface area contributed by atoms with Crippen LogP contribution in [-0.2, 0) is 11.3 Å². The van der Waals surface area contributed by atoms with Crippen LogP contribution in [0.5, 0.6) is 0 Å². The molecule has 3 N–H and O–H groups in total. The molecule has 2 heterocycles. The number of rotatable bonds is 7. The number of carbonyl (C=O) groups is 1. The minimum absolute atomic E-state index is 0. The van der Waals surface area contributed by atoms with Crippen molar-refractivity contribution in [3.63, 3.8) is 0 Å². The van der Waals surface area contributed by atoms with Crippen LogP contribution < -0.4 is 11.1 Å². The molecule has 0 saturated carbocycles. The van der Waals surface area contributed by atoms with Gasteiger partial charge in [-0.1, -0.05) is 17.8 Å². The zero-order chi connectivity index (χ0) is 15.9. The summed E-state index contributed by atoms with van der Waals surface area (Å²) in [4.78, 5) is 24.3. The van der Waals surface area contributed by atoms with Crippen LogP contribution in [0.3, 0.4) is 0 Å². The number of carbonyl (C=O) groups excluding carboxylic acids is 1. The lowest BCUT2D eigenvalue weighted by Gasteiger charge is -2.35. The molecule has 23 heavy (non-hydrogen) atoms. The third-order valence-corrected chi connectivity index (χ3v) is 4.79. The van der Waals surface area contributed by atoms with E-state index in [-0.39, 0.29) is 34.3 Å². The maximum absolute atomic E-state index is 11.5. The van der Waals surface area contributed by atoms with E-state index in [0.717, 1.165) is 42.7 Å². The highest BCUT2D eigenvalue weighted by molar-refractivity contribution is 7.13. The molecule has 1 saturated heterocycles. The Labute approximate surface area is 145 Å². The SMILES string of the molecule is Cl.NCCC(=O)NCC1CCCCN1Cc1csc([N+](=O)[O-])c1. The van der Waals surface area contributed by atoms with Crippen LogP contribution >= 0.6 is 23.7 Å². The van der Waals surface area contributed by atoms with Crippen LogP contribution in [0.2, 0.25) is 0 Å². The largest absolute Gasteiger partial charge is 0.354 e. The lowest BCUT2D eigenvalue weighted by molar-refractivity contribution is -0.380. The predicted molar refractivity (Wildman–Crippen MR) is 93.0 cm³/mol. The molecule has 1 aliphatic rings. The fourth-order valence-corrected chi connectivity index (χ4v) is 3.45. The van der Waals surface area contributed by atoms with Gasteiger partial charge in [-0.25, -0.2) is 0 Å². The van der Waals surface area contributed by atoms with Gasteiger partial charge < -0.3 is 11.1 Å². The quantitative estimate of drug-likeness (QED) is 0.569. The minimum Gasteiger partial charge on any atom is -0.354 e. The van der Waals surface area contributed by atoms with Crippen molar-refractivity contribution in [3.8, 4) is 0 Å². The van der Waals surface area contributed by atoms with Crippen LogP contribution in [-0.4, -0.2) is 41.4 Å². The van der Waals surface area contributed by atoms with E-state index in [1.54, 1.807) is 6.07 Å². The molecule has 2 rings (SSSR count). The molecule has 1 aromatic rings. The van der Waals surface area contributed by atoms with Gasteiger partial charge in [0.15, 0.2) is 0 Å². The Morgan fingerprint density at radius 2 is 2.30 bits per heavy atom. The Morgan fingerprint density at radius 3 is 2.96 bits per heavy atom. The summed E-state index contributed by atoms with van der Waals surface area (Å²) in [5.74, 6) is -0.0146. The number of hydrogen-bond acceptors (Lipinski definition) is 6. The number of thiophene rings is 1. The second kappa shape index (κ2) is 9.82. The van der Waals surface area contributed by atoms with Gasteiger partial charge in [0.25, 0.3) is 0 Å². The van der Waals surface area contributed by atoms with E-state index < -0.39 is 0 Å². The van der Waals surface area contributed by atoms with Gasteiger partial charge >= 0.3 is 5.00 Å². The Morgan fingerprint density at radius 1 is 1.52 bits per heavy atom. The molecule has 1 fully saturated rings. The zero-order valence-corrected chi connectivity index (χ0v) is 14.5. The number of nitro groups is 1. The monoisotopic (exact) mass is 362 g/mol. The molecule has 1 aromatic heterocycles. The zero-order valence-electron chi connectivity index (χ0n) is 12.9. The molecule has 0 bridgehead atoms. The smallest absolute Gasteiger partial charge is 0.324 e. The number of hydrogen-bond donors (Lipinski definition) is 2. The van der Waals surface area contributed by atoms with Crippen molar-refractivity contribution >= 4 is 34.7 Å². The first-order chi connectivity index (χ1) is 10.6. The second-order valence-corrected chi connectivity index (χ2v) is 6.40. The van der Waals surface area contributed by atoms with Crippen molar-refractivity contribution in [1.82, 2.24) is 10.2 Å². The molecular weight excluding hydrogens is 340 g/mol. The average molecular weight is 363 g/mol. The molecule has 130 valence electrons. The van der Waals surface area contributed by atoms with Gasteiger partial charge in [0.2, 0.25) is 5.91 Å². The van der Waals surface area contributed by atoms with Gasteiger partial charge in [-0.05, 0) is 24.9 Å². The summed E-state index contributed by atoms with van der Waals surface area (Å²) in [5.41, 5.74) is 6.34. The Kier molecular flexibility index (Phi) is 8.46. The molecule has 0 aromatic carbocycles. The van der Waals surface area contributed by atoms with Crippen LogP contribution in [0.1, 0.15) is 31.2 Å². The standard InChI is InChI=1S/C14H22N4O3S.ClH/c15-5-4-13(19)16-8-12-3-1-2-6-17(12)9-11-7-14(18(20)21)22-10-11;/h7,10,12H,1-6,8-9,15H2,(H,16,19);1H. The van der Waals surface area contributed by atoms with Gasteiger partial charge in [-0.2, -0.15) is 0 Å². The first kappa shape index (κ1) is 19.8. The minimum atomic E-state index is -0.352. The van der Waals surface area contributed by atoms with Crippen molar-refractivity contribution in [2.24, 2.45) is 5.73 Å². The molecule has 7 nitrogen and oxygen atoms in total. The molecular formula is C14H23ClN4O3S. The summed E-state index contributed by atoms with van der Waals surface area (Å²) in [6, 6.07) is 1.93. The third kappa shape index (κ3) is 6.06. The lowest BCUT2D eigenvalue weighted by atomic mass is 10.0. The van der Waals surface area contributed by atoms with Crippen molar-refractivity contribution < 1.29 is 9.72 Å². The number of likely N-dealkylation sites (tertiary alicyclic amines) is 1. The average Bonchev–Trinajstić information content (AvgIpc) is 2.95. The molecule has 0 radical (unpaired) electrons. The number of amides is 1. The lowest BCUT2D eigenvalue weighted by Crippen LogP contribution is -2.46. The summed E-state index contributed by atoms with van der Waals surface area (Å²) < 4.78 is 0. The van der Waals surface area contributed by atoms with Crippen LogP contribution in [0, 0.1) is 10.1 Å². The van der Waals surface area contributed by atoms with Crippen molar-refractivity contribution in [1.29, 1.82) is 0 Å². The summed E-state index contributed by atoms with van der Waals surface area (Å²) in [5, 5.41) is 15.7. The summed E-state index contributed by atoms with van der Waals surface area (Å²) in [6.07, 6.45) is 3.66. The van der Waals surface area contributed by atoms with Crippen molar-refractivity contribution in [2.75, 3.05) is 19.6 Å². The second-order valence-electron chi connectivity index (χ2n) is 5.51. The third-order valence-electron chi connectivity index (χ3n) is 3.86. The van der Waals surface area contributed by atoms with Crippen molar-refractivity contribution in [2.45, 2.75) is 38.3 Å². The number of nitrogens with two attached hydrogens (primary N) is 1. The van der Waals surface area contributed by atoms with E-state index >= 15 is 0 Å². The Bertz CT molecular complexity index is 526. The molecule has 1 atom stereocenters.